The highest BCUT2D eigenvalue weighted by Crippen LogP contribution is 2.44. The van der Waals surface area contributed by atoms with Gasteiger partial charge in [0.1, 0.15) is 12.4 Å². The SMILES string of the molecule is COc1ccc(-c2ncc(OCc3cccc(C(CC(=O)O)C4CC4)c3)cc2CC(C)(C)C)cc1OC. The molecule has 1 fully saturated rings. The molecule has 1 aromatic heterocycles. The van der Waals surface area contributed by atoms with E-state index in [-0.39, 0.29) is 17.8 Å². The van der Waals surface area contributed by atoms with Crippen molar-refractivity contribution in [1.82, 2.24) is 4.98 Å². The number of aromatic nitrogens is 1. The molecule has 0 radical (unpaired) electrons. The summed E-state index contributed by atoms with van der Waals surface area (Å²) >= 11 is 0. The molecule has 0 spiro atoms. The predicted octanol–water partition coefficient (Wildman–Crippen LogP) is 6.90. The molecule has 2 aromatic carbocycles. The van der Waals surface area contributed by atoms with Gasteiger partial charge in [-0.3, -0.25) is 9.78 Å². The van der Waals surface area contributed by atoms with Crippen LogP contribution in [0.3, 0.4) is 0 Å². The number of carboxylic acid groups (broad SMARTS) is 1. The average molecular weight is 504 g/mol. The molecule has 1 heterocycles. The van der Waals surface area contributed by atoms with Gasteiger partial charge in [0.05, 0.1) is 32.5 Å². The number of hydrogen-bond donors (Lipinski definition) is 1. The largest absolute Gasteiger partial charge is 0.493 e. The van der Waals surface area contributed by atoms with Crippen LogP contribution in [0.2, 0.25) is 0 Å². The second-order valence-corrected chi connectivity index (χ2v) is 11.1. The van der Waals surface area contributed by atoms with Crippen LogP contribution in [0.25, 0.3) is 11.3 Å². The van der Waals surface area contributed by atoms with E-state index in [1.54, 1.807) is 20.4 Å². The fraction of sp³-hybridized carbons (Fsp3) is 0.419. The quantitative estimate of drug-likeness (QED) is 0.307. The number of benzene rings is 2. The zero-order chi connectivity index (χ0) is 26.6. The van der Waals surface area contributed by atoms with Crippen LogP contribution in [0.4, 0.5) is 0 Å². The van der Waals surface area contributed by atoms with Crippen LogP contribution in [0.15, 0.2) is 54.7 Å². The van der Waals surface area contributed by atoms with Crippen molar-refractivity contribution in [2.75, 3.05) is 14.2 Å². The standard InChI is InChI=1S/C31H37NO5/c1-31(2,3)17-24-14-25(18-32-30(24)23-11-12-27(35-4)28(15-23)36-5)37-19-20-7-6-8-22(13-20)26(16-29(33)34)21-9-10-21/h6-8,11-15,18,21,26H,9-10,16-17,19H2,1-5H3,(H,33,34). The zero-order valence-electron chi connectivity index (χ0n) is 22.4. The molecule has 1 unspecified atom stereocenters. The second kappa shape index (κ2) is 11.2. The Kier molecular flexibility index (Phi) is 8.06. The van der Waals surface area contributed by atoms with Gasteiger partial charge in [-0.15, -0.1) is 0 Å². The minimum Gasteiger partial charge on any atom is -0.493 e. The van der Waals surface area contributed by atoms with Gasteiger partial charge >= 0.3 is 5.97 Å². The molecule has 0 saturated heterocycles. The second-order valence-electron chi connectivity index (χ2n) is 11.1. The number of aliphatic carboxylic acids is 1. The first-order chi connectivity index (χ1) is 17.7. The normalized spacial score (nSPS) is 14.2. The molecule has 1 aliphatic carbocycles. The van der Waals surface area contributed by atoms with Crippen molar-refractivity contribution in [1.29, 1.82) is 0 Å². The van der Waals surface area contributed by atoms with Gasteiger partial charge in [-0.05, 0) is 77.5 Å². The molecule has 0 bridgehead atoms. The van der Waals surface area contributed by atoms with Gasteiger partial charge in [0, 0.05) is 5.56 Å². The number of ether oxygens (including phenoxy) is 3. The van der Waals surface area contributed by atoms with E-state index in [1.807, 2.05) is 36.4 Å². The summed E-state index contributed by atoms with van der Waals surface area (Å²) in [6, 6.07) is 16.1. The van der Waals surface area contributed by atoms with E-state index in [9.17, 15) is 9.90 Å². The van der Waals surface area contributed by atoms with Gasteiger partial charge in [-0.25, -0.2) is 0 Å². The summed E-state index contributed by atoms with van der Waals surface area (Å²) in [5.74, 6) is 1.84. The van der Waals surface area contributed by atoms with Gasteiger partial charge in [0.25, 0.3) is 0 Å². The summed E-state index contributed by atoms with van der Waals surface area (Å²) in [6.45, 7) is 7.01. The Morgan fingerprint density at radius 2 is 1.81 bits per heavy atom. The fourth-order valence-corrected chi connectivity index (χ4v) is 4.84. The third-order valence-corrected chi connectivity index (χ3v) is 6.69. The van der Waals surface area contributed by atoms with Crippen LogP contribution < -0.4 is 14.2 Å². The van der Waals surface area contributed by atoms with Crippen molar-refractivity contribution in [2.45, 2.75) is 59.0 Å². The molecule has 6 heteroatoms. The first-order valence-electron chi connectivity index (χ1n) is 12.8. The Hall–Kier alpha value is -3.54. The number of hydrogen-bond acceptors (Lipinski definition) is 5. The molecule has 0 amide bonds. The topological polar surface area (TPSA) is 77.9 Å². The molecule has 1 aliphatic rings. The van der Waals surface area contributed by atoms with Crippen molar-refractivity contribution in [3.05, 3.63) is 71.4 Å². The average Bonchev–Trinajstić information content (AvgIpc) is 3.70. The molecular weight excluding hydrogens is 466 g/mol. The molecule has 1 atom stereocenters. The van der Waals surface area contributed by atoms with E-state index in [0.717, 1.165) is 47.2 Å². The third kappa shape index (κ3) is 7.03. The summed E-state index contributed by atoms with van der Waals surface area (Å²) in [6.07, 6.45) is 4.97. The highest BCUT2D eigenvalue weighted by atomic mass is 16.5. The Morgan fingerprint density at radius 1 is 1.05 bits per heavy atom. The monoisotopic (exact) mass is 503 g/mol. The van der Waals surface area contributed by atoms with E-state index in [4.69, 9.17) is 19.2 Å². The minimum absolute atomic E-state index is 0.0574. The van der Waals surface area contributed by atoms with E-state index in [1.165, 1.54) is 0 Å². The molecule has 0 aliphatic heterocycles. The van der Waals surface area contributed by atoms with E-state index in [2.05, 4.69) is 32.9 Å². The van der Waals surface area contributed by atoms with E-state index >= 15 is 0 Å². The number of carbonyl (C=O) groups is 1. The number of nitrogens with zero attached hydrogens (tertiary/aromatic N) is 1. The van der Waals surface area contributed by atoms with Gasteiger partial charge in [-0.2, -0.15) is 0 Å². The molecule has 1 N–H and O–H groups in total. The van der Waals surface area contributed by atoms with Crippen molar-refractivity contribution < 1.29 is 24.1 Å². The first kappa shape index (κ1) is 26.5. The highest BCUT2D eigenvalue weighted by Gasteiger charge is 2.33. The molecule has 196 valence electrons. The zero-order valence-corrected chi connectivity index (χ0v) is 22.4. The Labute approximate surface area is 219 Å². The van der Waals surface area contributed by atoms with Crippen molar-refractivity contribution >= 4 is 5.97 Å². The van der Waals surface area contributed by atoms with E-state index in [0.29, 0.717) is 29.8 Å². The predicted molar refractivity (Wildman–Crippen MR) is 144 cm³/mol. The number of methoxy groups -OCH3 is 2. The maximum absolute atomic E-state index is 11.4. The van der Waals surface area contributed by atoms with Gasteiger partial charge in [0.15, 0.2) is 11.5 Å². The molecule has 1 saturated carbocycles. The van der Waals surface area contributed by atoms with Crippen LogP contribution in [-0.2, 0) is 17.8 Å². The molecule has 3 aromatic rings. The third-order valence-electron chi connectivity index (χ3n) is 6.69. The summed E-state index contributed by atoms with van der Waals surface area (Å²) < 4.78 is 17.1. The van der Waals surface area contributed by atoms with Crippen LogP contribution in [-0.4, -0.2) is 30.3 Å². The minimum atomic E-state index is -0.745. The van der Waals surface area contributed by atoms with Crippen molar-refractivity contribution in [3.8, 4) is 28.5 Å². The lowest BCUT2D eigenvalue weighted by Crippen LogP contribution is -2.11. The van der Waals surface area contributed by atoms with Crippen LogP contribution >= 0.6 is 0 Å². The summed E-state index contributed by atoms with van der Waals surface area (Å²) in [5.41, 5.74) is 5.12. The Balaban J connectivity index is 1.57. The highest BCUT2D eigenvalue weighted by molar-refractivity contribution is 5.68. The summed E-state index contributed by atoms with van der Waals surface area (Å²) in [4.78, 5) is 16.2. The molecule has 6 nitrogen and oxygen atoms in total. The van der Waals surface area contributed by atoms with Gasteiger partial charge < -0.3 is 19.3 Å². The van der Waals surface area contributed by atoms with Crippen LogP contribution in [0, 0.1) is 11.3 Å². The number of pyridine rings is 1. The van der Waals surface area contributed by atoms with E-state index < -0.39 is 5.97 Å². The lowest BCUT2D eigenvalue weighted by atomic mass is 9.86. The number of rotatable bonds is 11. The Bertz CT molecular complexity index is 1240. The van der Waals surface area contributed by atoms with Crippen LogP contribution in [0.5, 0.6) is 17.2 Å². The number of carboxylic acids is 1. The summed E-state index contributed by atoms with van der Waals surface area (Å²) in [5, 5.41) is 9.37. The maximum atomic E-state index is 11.4. The fourth-order valence-electron chi connectivity index (χ4n) is 4.84. The molecule has 4 rings (SSSR count). The van der Waals surface area contributed by atoms with Gasteiger partial charge in [0.2, 0.25) is 0 Å². The molecule has 37 heavy (non-hydrogen) atoms. The first-order valence-corrected chi connectivity index (χ1v) is 12.8. The Morgan fingerprint density at radius 3 is 2.46 bits per heavy atom. The van der Waals surface area contributed by atoms with Crippen LogP contribution in [0.1, 0.15) is 62.6 Å². The van der Waals surface area contributed by atoms with Crippen molar-refractivity contribution in [2.24, 2.45) is 11.3 Å². The van der Waals surface area contributed by atoms with Crippen molar-refractivity contribution in [3.63, 3.8) is 0 Å². The molecular formula is C31H37NO5. The lowest BCUT2D eigenvalue weighted by Gasteiger charge is -2.21. The lowest BCUT2D eigenvalue weighted by molar-refractivity contribution is -0.137. The smallest absolute Gasteiger partial charge is 0.303 e. The van der Waals surface area contributed by atoms with Gasteiger partial charge in [-0.1, -0.05) is 45.0 Å². The summed E-state index contributed by atoms with van der Waals surface area (Å²) in [7, 11) is 3.26. The maximum Gasteiger partial charge on any atom is 0.303 e.